The van der Waals surface area contributed by atoms with E-state index in [1.807, 2.05) is 0 Å². The average molecular weight is 263 g/mol. The number of aryl methyl sites for hydroxylation is 1. The zero-order chi connectivity index (χ0) is 13.9. The number of hydrogen-bond acceptors (Lipinski definition) is 2. The van der Waals surface area contributed by atoms with Crippen LogP contribution in [0.2, 0.25) is 0 Å². The molecule has 1 N–H and O–H groups in total. The molecular weight excluding hydrogens is 234 g/mol. The molecule has 0 radical (unpaired) electrons. The smallest absolute Gasteiger partial charge is 0.0480 e. The summed E-state index contributed by atoms with van der Waals surface area (Å²) < 4.78 is 5.62. The van der Waals surface area contributed by atoms with Crippen molar-refractivity contribution in [2.24, 2.45) is 0 Å². The minimum atomic E-state index is 0.526. The Morgan fingerprint density at radius 3 is 2.58 bits per heavy atom. The summed E-state index contributed by atoms with van der Waals surface area (Å²) in [5.74, 6) is 0. The number of rotatable bonds is 10. The lowest BCUT2D eigenvalue weighted by molar-refractivity contribution is 0.124. The van der Waals surface area contributed by atoms with Gasteiger partial charge in [-0.05, 0) is 50.3 Å². The van der Waals surface area contributed by atoms with E-state index in [9.17, 15) is 0 Å². The Kier molecular flexibility index (Phi) is 8.52. The highest BCUT2D eigenvalue weighted by molar-refractivity contribution is 5.26. The van der Waals surface area contributed by atoms with Crippen LogP contribution in [-0.4, -0.2) is 25.8 Å². The SMILES string of the molecule is CCCNC(CCOCCC)Cc1ccccc1C. The van der Waals surface area contributed by atoms with Crippen molar-refractivity contribution in [1.29, 1.82) is 0 Å². The van der Waals surface area contributed by atoms with Crippen LogP contribution in [-0.2, 0) is 11.2 Å². The zero-order valence-electron chi connectivity index (χ0n) is 12.7. The first-order chi connectivity index (χ1) is 9.27. The minimum Gasteiger partial charge on any atom is -0.381 e. The molecule has 1 aromatic carbocycles. The zero-order valence-corrected chi connectivity index (χ0v) is 12.7. The first-order valence-electron chi connectivity index (χ1n) is 7.63. The molecule has 0 saturated heterocycles. The minimum absolute atomic E-state index is 0.526. The van der Waals surface area contributed by atoms with Gasteiger partial charge in [-0.15, -0.1) is 0 Å². The summed E-state index contributed by atoms with van der Waals surface area (Å²) >= 11 is 0. The van der Waals surface area contributed by atoms with Crippen molar-refractivity contribution < 1.29 is 4.74 Å². The number of hydrogen-bond donors (Lipinski definition) is 1. The molecule has 0 aliphatic rings. The van der Waals surface area contributed by atoms with Crippen molar-refractivity contribution in [2.45, 2.75) is 52.5 Å². The average Bonchev–Trinajstić information content (AvgIpc) is 2.43. The van der Waals surface area contributed by atoms with Crippen LogP contribution < -0.4 is 5.32 Å². The van der Waals surface area contributed by atoms with E-state index in [0.717, 1.165) is 39.0 Å². The first-order valence-corrected chi connectivity index (χ1v) is 7.63. The van der Waals surface area contributed by atoms with Gasteiger partial charge in [0, 0.05) is 19.3 Å². The molecule has 0 aliphatic heterocycles. The van der Waals surface area contributed by atoms with E-state index < -0.39 is 0 Å². The van der Waals surface area contributed by atoms with Gasteiger partial charge in [0.05, 0.1) is 0 Å². The van der Waals surface area contributed by atoms with E-state index in [0.29, 0.717) is 6.04 Å². The van der Waals surface area contributed by atoms with Crippen LogP contribution in [0.25, 0.3) is 0 Å². The molecular formula is C17H29NO. The molecule has 0 heterocycles. The lowest BCUT2D eigenvalue weighted by Crippen LogP contribution is -2.33. The van der Waals surface area contributed by atoms with Gasteiger partial charge in [0.25, 0.3) is 0 Å². The Balaban J connectivity index is 2.46. The van der Waals surface area contributed by atoms with Gasteiger partial charge in [0.1, 0.15) is 0 Å². The Hall–Kier alpha value is -0.860. The first kappa shape index (κ1) is 16.2. The van der Waals surface area contributed by atoms with E-state index >= 15 is 0 Å². The van der Waals surface area contributed by atoms with E-state index in [1.165, 1.54) is 17.5 Å². The molecule has 0 saturated carbocycles. The molecule has 1 unspecified atom stereocenters. The maximum atomic E-state index is 5.62. The third kappa shape index (κ3) is 6.74. The predicted molar refractivity (Wildman–Crippen MR) is 82.7 cm³/mol. The summed E-state index contributed by atoms with van der Waals surface area (Å²) in [5, 5.41) is 3.64. The molecule has 0 aliphatic carbocycles. The van der Waals surface area contributed by atoms with Gasteiger partial charge in [-0.1, -0.05) is 38.1 Å². The van der Waals surface area contributed by atoms with E-state index in [-0.39, 0.29) is 0 Å². The Morgan fingerprint density at radius 1 is 1.11 bits per heavy atom. The molecule has 0 spiro atoms. The van der Waals surface area contributed by atoms with Gasteiger partial charge in [0.2, 0.25) is 0 Å². The largest absolute Gasteiger partial charge is 0.381 e. The fourth-order valence-electron chi connectivity index (χ4n) is 2.20. The lowest BCUT2D eigenvalue weighted by atomic mass is 9.99. The topological polar surface area (TPSA) is 21.3 Å². The van der Waals surface area contributed by atoms with Crippen LogP contribution in [0.4, 0.5) is 0 Å². The van der Waals surface area contributed by atoms with Gasteiger partial charge in [-0.3, -0.25) is 0 Å². The van der Waals surface area contributed by atoms with Gasteiger partial charge >= 0.3 is 0 Å². The molecule has 1 aromatic rings. The summed E-state index contributed by atoms with van der Waals surface area (Å²) in [7, 11) is 0. The molecule has 1 rings (SSSR count). The molecule has 2 nitrogen and oxygen atoms in total. The molecule has 1 atom stereocenters. The summed E-state index contributed by atoms with van der Waals surface area (Å²) in [6.07, 6.45) is 4.47. The monoisotopic (exact) mass is 263 g/mol. The third-order valence-corrected chi connectivity index (χ3v) is 3.37. The van der Waals surface area contributed by atoms with Gasteiger partial charge < -0.3 is 10.1 Å². The van der Waals surface area contributed by atoms with E-state index in [4.69, 9.17) is 4.74 Å². The normalized spacial score (nSPS) is 12.6. The van der Waals surface area contributed by atoms with E-state index in [2.05, 4.69) is 50.4 Å². The van der Waals surface area contributed by atoms with Crippen LogP contribution in [0.5, 0.6) is 0 Å². The van der Waals surface area contributed by atoms with Crippen molar-refractivity contribution in [2.75, 3.05) is 19.8 Å². The fraction of sp³-hybridized carbons (Fsp3) is 0.647. The standard InChI is InChI=1S/C17H29NO/c1-4-11-18-17(10-13-19-12-5-2)14-16-9-7-6-8-15(16)3/h6-9,17-18H,4-5,10-14H2,1-3H3. The summed E-state index contributed by atoms with van der Waals surface area (Å²) in [5.41, 5.74) is 2.84. The Labute approximate surface area is 118 Å². The predicted octanol–water partition coefficient (Wildman–Crippen LogP) is 3.72. The van der Waals surface area contributed by atoms with Crippen LogP contribution in [0.15, 0.2) is 24.3 Å². The summed E-state index contributed by atoms with van der Waals surface area (Å²) in [6, 6.07) is 9.20. The van der Waals surface area contributed by atoms with Crippen LogP contribution in [0.1, 0.15) is 44.2 Å². The molecule has 2 heteroatoms. The molecule has 19 heavy (non-hydrogen) atoms. The maximum absolute atomic E-state index is 5.62. The van der Waals surface area contributed by atoms with Crippen molar-refractivity contribution in [3.8, 4) is 0 Å². The van der Waals surface area contributed by atoms with Crippen LogP contribution in [0, 0.1) is 6.92 Å². The molecule has 108 valence electrons. The lowest BCUT2D eigenvalue weighted by Gasteiger charge is -2.19. The fourth-order valence-corrected chi connectivity index (χ4v) is 2.20. The summed E-state index contributed by atoms with van der Waals surface area (Å²) in [4.78, 5) is 0. The number of ether oxygens (including phenoxy) is 1. The quantitative estimate of drug-likeness (QED) is 0.650. The van der Waals surface area contributed by atoms with Crippen molar-refractivity contribution in [1.82, 2.24) is 5.32 Å². The van der Waals surface area contributed by atoms with Gasteiger partial charge in [-0.2, -0.15) is 0 Å². The highest BCUT2D eigenvalue weighted by Crippen LogP contribution is 2.11. The molecule has 0 bridgehead atoms. The molecule has 0 aromatic heterocycles. The van der Waals surface area contributed by atoms with Gasteiger partial charge in [-0.25, -0.2) is 0 Å². The van der Waals surface area contributed by atoms with E-state index in [1.54, 1.807) is 0 Å². The van der Waals surface area contributed by atoms with Crippen molar-refractivity contribution in [3.63, 3.8) is 0 Å². The second-order valence-electron chi connectivity index (χ2n) is 5.18. The van der Waals surface area contributed by atoms with Crippen LogP contribution >= 0.6 is 0 Å². The number of benzene rings is 1. The number of nitrogens with one attached hydrogen (secondary N) is 1. The maximum Gasteiger partial charge on any atom is 0.0480 e. The van der Waals surface area contributed by atoms with Crippen molar-refractivity contribution in [3.05, 3.63) is 35.4 Å². The van der Waals surface area contributed by atoms with Gasteiger partial charge in [0.15, 0.2) is 0 Å². The highest BCUT2D eigenvalue weighted by Gasteiger charge is 2.10. The van der Waals surface area contributed by atoms with Crippen molar-refractivity contribution >= 4 is 0 Å². The summed E-state index contributed by atoms with van der Waals surface area (Å²) in [6.45, 7) is 9.39. The Morgan fingerprint density at radius 2 is 1.89 bits per heavy atom. The molecule has 0 fully saturated rings. The second-order valence-corrected chi connectivity index (χ2v) is 5.18. The second kappa shape index (κ2) is 9.99. The Bertz CT molecular complexity index is 338. The highest BCUT2D eigenvalue weighted by atomic mass is 16.5. The third-order valence-electron chi connectivity index (χ3n) is 3.37. The molecule has 0 amide bonds. The van der Waals surface area contributed by atoms with Crippen LogP contribution in [0.3, 0.4) is 0 Å².